The molecule has 0 saturated carbocycles. The van der Waals surface area contributed by atoms with Crippen LogP contribution in [0.2, 0.25) is 0 Å². The van der Waals surface area contributed by atoms with Crippen molar-refractivity contribution in [3.05, 3.63) is 59.0 Å². The van der Waals surface area contributed by atoms with Gasteiger partial charge in [-0.25, -0.2) is 0 Å². The highest BCUT2D eigenvalue weighted by Gasteiger charge is 2.41. The van der Waals surface area contributed by atoms with Crippen molar-refractivity contribution in [2.24, 2.45) is 0 Å². The van der Waals surface area contributed by atoms with E-state index >= 15 is 0 Å². The summed E-state index contributed by atoms with van der Waals surface area (Å²) in [6.07, 6.45) is 6.66. The first-order valence-electron chi connectivity index (χ1n) is 8.62. The molecule has 124 valence electrons. The minimum absolute atomic E-state index is 0.0419. The summed E-state index contributed by atoms with van der Waals surface area (Å²) in [5.74, 6) is 0. The van der Waals surface area contributed by atoms with Crippen LogP contribution in [0.1, 0.15) is 43.0 Å². The van der Waals surface area contributed by atoms with Crippen LogP contribution in [0.25, 0.3) is 11.3 Å². The molecule has 2 heterocycles. The molecule has 1 aromatic heterocycles. The van der Waals surface area contributed by atoms with E-state index in [1.807, 2.05) is 6.20 Å². The number of pyridine rings is 1. The summed E-state index contributed by atoms with van der Waals surface area (Å²) in [4.78, 5) is 9.42. The van der Waals surface area contributed by atoms with Crippen LogP contribution in [0.3, 0.4) is 0 Å². The number of aromatic nitrogens is 1. The Bertz CT molecular complexity index is 864. The standard InChI is InChI=1S/C21H25N3/c1-13-11-17-19(22-12-13)16-8-7-14(2)20(18(16)21(17,4)5)24-10-9-23(6)15(24)3/h7-12,15H,1-6H3/t15-/m0/s1. The topological polar surface area (TPSA) is 19.4 Å². The molecule has 24 heavy (non-hydrogen) atoms. The lowest BCUT2D eigenvalue weighted by Gasteiger charge is -2.33. The number of hydrogen-bond acceptors (Lipinski definition) is 3. The normalized spacial score (nSPS) is 20.5. The Morgan fingerprint density at radius 1 is 1.12 bits per heavy atom. The maximum atomic E-state index is 4.78. The summed E-state index contributed by atoms with van der Waals surface area (Å²) in [6, 6.07) is 6.79. The van der Waals surface area contributed by atoms with Gasteiger partial charge >= 0.3 is 0 Å². The fourth-order valence-corrected chi connectivity index (χ4v) is 4.14. The number of nitrogens with zero attached hydrogens (tertiary/aromatic N) is 3. The van der Waals surface area contributed by atoms with Crippen molar-refractivity contribution in [2.75, 3.05) is 11.9 Å². The van der Waals surface area contributed by atoms with Crippen LogP contribution >= 0.6 is 0 Å². The molecule has 1 aliphatic carbocycles. The monoisotopic (exact) mass is 319 g/mol. The predicted molar refractivity (Wildman–Crippen MR) is 100 cm³/mol. The number of hydrogen-bond donors (Lipinski definition) is 0. The van der Waals surface area contributed by atoms with E-state index in [0.717, 1.165) is 5.69 Å². The van der Waals surface area contributed by atoms with E-state index in [0.29, 0.717) is 6.17 Å². The lowest BCUT2D eigenvalue weighted by molar-refractivity contribution is 0.382. The van der Waals surface area contributed by atoms with Crippen LogP contribution in [0.15, 0.2) is 36.8 Å². The quantitative estimate of drug-likeness (QED) is 0.767. The molecule has 0 N–H and O–H groups in total. The van der Waals surface area contributed by atoms with E-state index < -0.39 is 0 Å². The summed E-state index contributed by atoms with van der Waals surface area (Å²) in [5.41, 5.74) is 9.01. The maximum Gasteiger partial charge on any atom is 0.102 e. The summed E-state index contributed by atoms with van der Waals surface area (Å²) < 4.78 is 0. The second-order valence-corrected chi connectivity index (χ2v) is 7.69. The zero-order valence-electron chi connectivity index (χ0n) is 15.4. The molecule has 1 aromatic carbocycles. The zero-order valence-corrected chi connectivity index (χ0v) is 15.4. The van der Waals surface area contributed by atoms with E-state index in [9.17, 15) is 0 Å². The molecule has 2 aliphatic rings. The van der Waals surface area contributed by atoms with Crippen molar-refractivity contribution < 1.29 is 0 Å². The lowest BCUT2D eigenvalue weighted by atomic mass is 9.80. The van der Waals surface area contributed by atoms with Crippen molar-refractivity contribution in [1.29, 1.82) is 0 Å². The Hall–Kier alpha value is -2.29. The Labute approximate surface area is 144 Å². The first kappa shape index (κ1) is 15.3. The molecule has 0 bridgehead atoms. The Balaban J connectivity index is 2.00. The smallest absolute Gasteiger partial charge is 0.102 e. The van der Waals surface area contributed by atoms with Crippen molar-refractivity contribution >= 4 is 5.69 Å². The second kappa shape index (κ2) is 4.85. The van der Waals surface area contributed by atoms with Crippen LogP contribution < -0.4 is 4.90 Å². The molecule has 3 nitrogen and oxygen atoms in total. The molecule has 1 aliphatic heterocycles. The van der Waals surface area contributed by atoms with Crippen molar-refractivity contribution in [3.8, 4) is 11.3 Å². The molecule has 0 saturated heterocycles. The van der Waals surface area contributed by atoms with Crippen LogP contribution in [-0.4, -0.2) is 23.1 Å². The molecular formula is C21H25N3. The highest BCUT2D eigenvalue weighted by atomic mass is 15.4. The van der Waals surface area contributed by atoms with Crippen LogP contribution in [0, 0.1) is 13.8 Å². The summed E-state index contributed by atoms with van der Waals surface area (Å²) in [5, 5.41) is 0. The molecule has 0 unspecified atom stereocenters. The fourth-order valence-electron chi connectivity index (χ4n) is 4.14. The molecule has 1 atom stereocenters. The van der Waals surface area contributed by atoms with Gasteiger partial charge in [-0.3, -0.25) is 4.98 Å². The number of anilines is 1. The van der Waals surface area contributed by atoms with E-state index in [1.165, 1.54) is 33.5 Å². The van der Waals surface area contributed by atoms with Crippen LogP contribution in [0.4, 0.5) is 5.69 Å². The molecular weight excluding hydrogens is 294 g/mol. The molecule has 0 radical (unpaired) electrons. The number of rotatable bonds is 1. The van der Waals surface area contributed by atoms with Gasteiger partial charge in [-0.05, 0) is 43.0 Å². The van der Waals surface area contributed by atoms with Gasteiger partial charge in [0.05, 0.1) is 11.4 Å². The van der Waals surface area contributed by atoms with Crippen molar-refractivity contribution in [3.63, 3.8) is 0 Å². The largest absolute Gasteiger partial charge is 0.359 e. The van der Waals surface area contributed by atoms with Gasteiger partial charge in [0.15, 0.2) is 0 Å². The molecule has 3 heteroatoms. The summed E-state index contributed by atoms with van der Waals surface area (Å²) in [7, 11) is 2.13. The van der Waals surface area contributed by atoms with Gasteiger partial charge in [0, 0.05) is 36.6 Å². The highest BCUT2D eigenvalue weighted by molar-refractivity contribution is 5.86. The first-order chi connectivity index (χ1) is 11.3. The SMILES string of the molecule is Cc1cnc2c(c1)C(C)(C)c1c-2ccc(C)c1N1C=CN(C)[C@@H]1C. The molecule has 4 rings (SSSR count). The van der Waals surface area contributed by atoms with Crippen molar-refractivity contribution in [2.45, 2.75) is 46.2 Å². The average molecular weight is 319 g/mol. The minimum Gasteiger partial charge on any atom is -0.359 e. The fraction of sp³-hybridized carbons (Fsp3) is 0.381. The molecule has 0 amide bonds. The first-order valence-corrected chi connectivity index (χ1v) is 8.62. The lowest BCUT2D eigenvalue weighted by Crippen LogP contribution is -2.35. The van der Waals surface area contributed by atoms with Gasteiger partial charge < -0.3 is 9.80 Å². The van der Waals surface area contributed by atoms with Gasteiger partial charge in [0.2, 0.25) is 0 Å². The Morgan fingerprint density at radius 2 is 1.88 bits per heavy atom. The number of benzene rings is 1. The minimum atomic E-state index is -0.0419. The third-order valence-electron chi connectivity index (χ3n) is 5.67. The predicted octanol–water partition coefficient (Wildman–Crippen LogP) is 4.57. The summed E-state index contributed by atoms with van der Waals surface area (Å²) >= 11 is 0. The maximum absolute atomic E-state index is 4.78. The van der Waals surface area contributed by atoms with E-state index in [-0.39, 0.29) is 5.41 Å². The molecule has 0 fully saturated rings. The van der Waals surface area contributed by atoms with Gasteiger partial charge in [0.25, 0.3) is 0 Å². The second-order valence-electron chi connectivity index (χ2n) is 7.69. The zero-order chi connectivity index (χ0) is 17.2. The van der Waals surface area contributed by atoms with Crippen LogP contribution in [0.5, 0.6) is 0 Å². The van der Waals surface area contributed by atoms with Gasteiger partial charge in [-0.1, -0.05) is 32.0 Å². The summed E-state index contributed by atoms with van der Waals surface area (Å²) in [6.45, 7) is 11.2. The Kier molecular flexibility index (Phi) is 3.08. The van der Waals surface area contributed by atoms with Crippen LogP contribution in [-0.2, 0) is 5.41 Å². The Morgan fingerprint density at radius 3 is 2.54 bits per heavy atom. The average Bonchev–Trinajstić information content (AvgIpc) is 2.97. The van der Waals surface area contributed by atoms with E-state index in [4.69, 9.17) is 4.98 Å². The molecule has 2 aromatic rings. The third-order valence-corrected chi connectivity index (χ3v) is 5.67. The van der Waals surface area contributed by atoms with Gasteiger partial charge in [-0.2, -0.15) is 0 Å². The van der Waals surface area contributed by atoms with E-state index in [1.54, 1.807) is 0 Å². The number of aryl methyl sites for hydroxylation is 2. The highest BCUT2D eigenvalue weighted by Crippen LogP contribution is 2.53. The van der Waals surface area contributed by atoms with Gasteiger partial charge in [-0.15, -0.1) is 0 Å². The van der Waals surface area contributed by atoms with E-state index in [2.05, 4.69) is 82.1 Å². The third kappa shape index (κ3) is 1.87. The van der Waals surface area contributed by atoms with Gasteiger partial charge in [0.1, 0.15) is 6.17 Å². The van der Waals surface area contributed by atoms with Crippen molar-refractivity contribution in [1.82, 2.24) is 9.88 Å². The molecule has 0 spiro atoms. The number of fused-ring (bicyclic) bond motifs is 3.